The molecule has 0 aliphatic heterocycles. The zero-order valence-corrected chi connectivity index (χ0v) is 11.4. The lowest BCUT2D eigenvalue weighted by molar-refractivity contribution is -0.171. The lowest BCUT2D eigenvalue weighted by Gasteiger charge is -2.29. The monoisotopic (exact) mass is 268 g/mol. The van der Waals surface area contributed by atoms with Crippen LogP contribution in [0.15, 0.2) is 4.52 Å². The maximum absolute atomic E-state index is 11.9. The summed E-state index contributed by atoms with van der Waals surface area (Å²) >= 11 is 0. The van der Waals surface area contributed by atoms with Gasteiger partial charge in [0, 0.05) is 5.92 Å². The van der Waals surface area contributed by atoms with Gasteiger partial charge in [0.25, 0.3) is 5.89 Å². The van der Waals surface area contributed by atoms with Crippen LogP contribution in [0.2, 0.25) is 0 Å². The van der Waals surface area contributed by atoms with Crippen LogP contribution < -0.4 is 0 Å². The van der Waals surface area contributed by atoms with E-state index in [1.54, 1.807) is 0 Å². The first-order valence-corrected chi connectivity index (χ1v) is 6.73. The molecule has 0 aromatic carbocycles. The van der Waals surface area contributed by atoms with Gasteiger partial charge in [0.15, 0.2) is 18.0 Å². The number of hydrogen-bond donors (Lipinski definition) is 1. The molecule has 1 aromatic rings. The van der Waals surface area contributed by atoms with Crippen molar-refractivity contribution in [1.29, 1.82) is 0 Å². The molecule has 0 atom stereocenters. The van der Waals surface area contributed by atoms with Crippen LogP contribution in [0.3, 0.4) is 0 Å². The second-order valence-corrected chi connectivity index (χ2v) is 5.37. The van der Waals surface area contributed by atoms with Crippen LogP contribution in [0.1, 0.15) is 63.6 Å². The number of hydrogen-bond acceptors (Lipinski definition) is 6. The summed E-state index contributed by atoms with van der Waals surface area (Å²) in [4.78, 5) is 16.0. The summed E-state index contributed by atoms with van der Waals surface area (Å²) < 4.78 is 10.1. The van der Waals surface area contributed by atoms with Crippen molar-refractivity contribution < 1.29 is 19.2 Å². The van der Waals surface area contributed by atoms with E-state index in [4.69, 9.17) is 9.26 Å². The fourth-order valence-electron chi connectivity index (χ4n) is 2.16. The number of esters is 1. The van der Waals surface area contributed by atoms with Gasteiger partial charge >= 0.3 is 5.97 Å². The average Bonchev–Trinajstić information content (AvgIpc) is 2.85. The van der Waals surface area contributed by atoms with E-state index in [9.17, 15) is 9.90 Å². The van der Waals surface area contributed by atoms with E-state index in [-0.39, 0.29) is 18.4 Å². The third kappa shape index (κ3) is 3.32. The minimum Gasteiger partial charge on any atom is -0.453 e. The molecule has 19 heavy (non-hydrogen) atoms. The summed E-state index contributed by atoms with van der Waals surface area (Å²) in [7, 11) is 0. The molecule has 6 nitrogen and oxygen atoms in total. The van der Waals surface area contributed by atoms with Gasteiger partial charge in [-0.2, -0.15) is 4.98 Å². The zero-order valence-electron chi connectivity index (χ0n) is 11.4. The Kier molecular flexibility index (Phi) is 4.19. The fraction of sp³-hybridized carbons (Fsp3) is 0.769. The van der Waals surface area contributed by atoms with E-state index < -0.39 is 11.6 Å². The van der Waals surface area contributed by atoms with Crippen LogP contribution in [-0.2, 0) is 16.1 Å². The van der Waals surface area contributed by atoms with E-state index in [2.05, 4.69) is 10.1 Å². The molecule has 1 N–H and O–H groups in total. The van der Waals surface area contributed by atoms with Crippen molar-refractivity contribution in [3.05, 3.63) is 11.7 Å². The molecule has 1 heterocycles. The minimum atomic E-state index is -1.33. The largest absolute Gasteiger partial charge is 0.453 e. The van der Waals surface area contributed by atoms with Gasteiger partial charge in [-0.3, -0.25) is 0 Å². The molecule has 2 rings (SSSR count). The maximum atomic E-state index is 11.9. The zero-order chi connectivity index (χ0) is 13.9. The Morgan fingerprint density at radius 1 is 1.42 bits per heavy atom. The number of rotatable bonds is 4. The molecule has 1 aromatic heterocycles. The quantitative estimate of drug-likeness (QED) is 0.840. The highest BCUT2D eigenvalue weighted by molar-refractivity contribution is 5.79. The highest BCUT2D eigenvalue weighted by Gasteiger charge is 2.38. The smallest absolute Gasteiger partial charge is 0.338 e. The van der Waals surface area contributed by atoms with E-state index in [0.29, 0.717) is 18.7 Å². The van der Waals surface area contributed by atoms with Crippen molar-refractivity contribution in [3.8, 4) is 0 Å². The maximum Gasteiger partial charge on any atom is 0.338 e. The van der Waals surface area contributed by atoms with Crippen LogP contribution >= 0.6 is 0 Å². The molecule has 6 heteroatoms. The van der Waals surface area contributed by atoms with E-state index in [1.165, 1.54) is 0 Å². The first-order valence-electron chi connectivity index (χ1n) is 6.73. The molecule has 0 unspecified atom stereocenters. The summed E-state index contributed by atoms with van der Waals surface area (Å²) in [5.41, 5.74) is -1.33. The van der Waals surface area contributed by atoms with Gasteiger partial charge in [-0.25, -0.2) is 4.79 Å². The van der Waals surface area contributed by atoms with Gasteiger partial charge in [-0.1, -0.05) is 25.4 Å². The molecule has 0 amide bonds. The SMILES string of the molecule is CC(C)c1noc(COC(=O)C2(O)CCCCC2)n1. The Morgan fingerprint density at radius 2 is 2.11 bits per heavy atom. The third-order valence-electron chi connectivity index (χ3n) is 3.39. The summed E-state index contributed by atoms with van der Waals surface area (Å²) in [6.45, 7) is 3.82. The molecule has 0 saturated heterocycles. The van der Waals surface area contributed by atoms with E-state index in [1.807, 2.05) is 13.8 Å². The van der Waals surface area contributed by atoms with Crippen molar-refractivity contribution in [2.75, 3.05) is 0 Å². The highest BCUT2D eigenvalue weighted by Crippen LogP contribution is 2.29. The molecule has 0 radical (unpaired) electrons. The second-order valence-electron chi connectivity index (χ2n) is 5.37. The topological polar surface area (TPSA) is 85.5 Å². The van der Waals surface area contributed by atoms with E-state index >= 15 is 0 Å². The van der Waals surface area contributed by atoms with Gasteiger partial charge in [0.1, 0.15) is 0 Å². The molecule has 1 fully saturated rings. The Labute approximate surface area is 112 Å². The molecule has 0 bridgehead atoms. The molecule has 106 valence electrons. The Hall–Kier alpha value is -1.43. The minimum absolute atomic E-state index is 0.0825. The van der Waals surface area contributed by atoms with Gasteiger partial charge in [-0.15, -0.1) is 0 Å². The second kappa shape index (κ2) is 5.69. The molecule has 1 aliphatic rings. The summed E-state index contributed by atoms with van der Waals surface area (Å²) in [6.07, 6.45) is 3.68. The predicted octanol–water partition coefficient (Wildman–Crippen LogP) is 1.93. The number of nitrogens with zero attached hydrogens (tertiary/aromatic N) is 2. The number of ether oxygens (including phenoxy) is 1. The van der Waals surface area contributed by atoms with Crippen LogP contribution in [0, 0.1) is 0 Å². The van der Waals surface area contributed by atoms with Crippen molar-refractivity contribution in [1.82, 2.24) is 10.1 Å². The summed E-state index contributed by atoms with van der Waals surface area (Å²) in [5, 5.41) is 14.0. The van der Waals surface area contributed by atoms with Crippen molar-refractivity contribution in [2.24, 2.45) is 0 Å². The standard InChI is InChI=1S/C13H20N2O4/c1-9(2)11-14-10(19-15-11)8-18-12(16)13(17)6-4-3-5-7-13/h9,17H,3-8H2,1-2H3. The third-order valence-corrected chi connectivity index (χ3v) is 3.39. The van der Waals surface area contributed by atoms with Gasteiger partial charge in [-0.05, 0) is 25.7 Å². The van der Waals surface area contributed by atoms with Crippen LogP contribution in [0.4, 0.5) is 0 Å². The van der Waals surface area contributed by atoms with Crippen LogP contribution in [0.5, 0.6) is 0 Å². The Balaban J connectivity index is 1.88. The Bertz CT molecular complexity index is 436. The summed E-state index contributed by atoms with van der Waals surface area (Å²) in [6, 6.07) is 0. The van der Waals surface area contributed by atoms with Crippen molar-refractivity contribution in [3.63, 3.8) is 0 Å². The normalized spacial score (nSPS) is 18.5. The molecule has 1 saturated carbocycles. The summed E-state index contributed by atoms with van der Waals surface area (Å²) in [5.74, 6) is 0.422. The Morgan fingerprint density at radius 3 is 2.68 bits per heavy atom. The van der Waals surface area contributed by atoms with Crippen LogP contribution in [-0.4, -0.2) is 26.8 Å². The van der Waals surface area contributed by atoms with E-state index in [0.717, 1.165) is 19.3 Å². The van der Waals surface area contributed by atoms with Crippen molar-refractivity contribution in [2.45, 2.75) is 64.1 Å². The van der Waals surface area contributed by atoms with Crippen LogP contribution in [0.25, 0.3) is 0 Å². The number of carbonyl (C=O) groups excluding carboxylic acids is 1. The first-order chi connectivity index (χ1) is 9.01. The molecule has 1 aliphatic carbocycles. The molecule has 0 spiro atoms. The lowest BCUT2D eigenvalue weighted by Crippen LogP contribution is -2.41. The van der Waals surface area contributed by atoms with Crippen molar-refractivity contribution >= 4 is 5.97 Å². The molecular weight excluding hydrogens is 248 g/mol. The number of aromatic nitrogens is 2. The highest BCUT2D eigenvalue weighted by atomic mass is 16.6. The van der Waals surface area contributed by atoms with Gasteiger partial charge in [0.05, 0.1) is 0 Å². The van der Waals surface area contributed by atoms with Gasteiger partial charge < -0.3 is 14.4 Å². The fourth-order valence-corrected chi connectivity index (χ4v) is 2.16. The number of carbonyl (C=O) groups is 1. The lowest BCUT2D eigenvalue weighted by atomic mass is 9.85. The molecular formula is C13H20N2O4. The average molecular weight is 268 g/mol. The predicted molar refractivity (Wildman–Crippen MR) is 66.2 cm³/mol. The first kappa shape index (κ1) is 14.0. The number of aliphatic hydroxyl groups is 1. The van der Waals surface area contributed by atoms with Gasteiger partial charge in [0.2, 0.25) is 0 Å².